The summed E-state index contributed by atoms with van der Waals surface area (Å²) in [5.41, 5.74) is 3.12. The molecular weight excluding hydrogens is 452 g/mol. The number of ether oxygens (including phenoxy) is 5. The molecule has 1 aromatic rings. The van der Waals surface area contributed by atoms with Crippen LogP contribution in [0.2, 0.25) is 5.02 Å². The van der Waals surface area contributed by atoms with Crippen LogP contribution in [0.1, 0.15) is 42.6 Å². The maximum atomic E-state index is 13.0. The van der Waals surface area contributed by atoms with Crippen LogP contribution in [-0.4, -0.2) is 63.3 Å². The minimum absolute atomic E-state index is 0.0125. The molecule has 8 heteroatoms. The average Bonchev–Trinajstić information content (AvgIpc) is 3.33. The van der Waals surface area contributed by atoms with E-state index in [4.69, 9.17) is 35.3 Å². The lowest BCUT2D eigenvalue weighted by Crippen LogP contribution is -2.37. The molecule has 1 fully saturated rings. The number of fused-ring (bicyclic) bond motifs is 1. The molecule has 1 aromatic carbocycles. The smallest absolute Gasteiger partial charge is 0.335 e. The van der Waals surface area contributed by atoms with Crippen molar-refractivity contribution in [1.82, 2.24) is 0 Å². The number of halogens is 1. The number of carbonyl (C=O) groups excluding carboxylic acids is 1. The fourth-order valence-electron chi connectivity index (χ4n) is 4.85. The molecule has 1 saturated heterocycles. The van der Waals surface area contributed by atoms with E-state index >= 15 is 0 Å². The summed E-state index contributed by atoms with van der Waals surface area (Å²) in [6.07, 6.45) is 4.73. The molecule has 4 atom stereocenters. The average molecular weight is 483 g/mol. The van der Waals surface area contributed by atoms with E-state index < -0.39 is 5.79 Å². The van der Waals surface area contributed by atoms with Crippen LogP contribution in [-0.2, 0) is 34.9 Å². The normalized spacial score (nSPS) is 28.6. The lowest BCUT2D eigenvalue weighted by Gasteiger charge is -2.34. The van der Waals surface area contributed by atoms with Gasteiger partial charge in [-0.05, 0) is 49.5 Å². The van der Waals surface area contributed by atoms with E-state index in [2.05, 4.69) is 6.07 Å². The van der Waals surface area contributed by atoms with Gasteiger partial charge in [0.1, 0.15) is 12.2 Å². The third-order valence-corrected chi connectivity index (χ3v) is 8.18. The van der Waals surface area contributed by atoms with Crippen molar-refractivity contribution >= 4 is 29.3 Å². The molecule has 0 radical (unpaired) electrons. The zero-order chi connectivity index (χ0) is 22.7. The van der Waals surface area contributed by atoms with Crippen molar-refractivity contribution in [3.05, 3.63) is 46.0 Å². The third kappa shape index (κ3) is 4.88. The molecule has 0 saturated carbocycles. The third-order valence-electron chi connectivity index (χ3n) is 6.24. The van der Waals surface area contributed by atoms with Crippen LogP contribution in [0.3, 0.4) is 0 Å². The zero-order valence-corrected chi connectivity index (χ0v) is 20.4. The Morgan fingerprint density at radius 3 is 2.53 bits per heavy atom. The van der Waals surface area contributed by atoms with Crippen LogP contribution in [0, 0.1) is 0 Å². The van der Waals surface area contributed by atoms with Crippen molar-refractivity contribution in [2.45, 2.75) is 61.1 Å². The van der Waals surface area contributed by atoms with Crippen molar-refractivity contribution in [3.63, 3.8) is 0 Å². The highest BCUT2D eigenvalue weighted by Crippen LogP contribution is 2.51. The number of rotatable bonds is 8. The summed E-state index contributed by atoms with van der Waals surface area (Å²) in [6.45, 7) is 2.93. The highest BCUT2D eigenvalue weighted by atomic mass is 35.5. The Hall–Kier alpha value is -1.09. The summed E-state index contributed by atoms with van der Waals surface area (Å²) >= 11 is 8.33. The molecule has 0 amide bonds. The molecule has 176 valence electrons. The number of esters is 1. The molecule has 0 N–H and O–H groups in total. The SMILES string of the molecule is CCOC(=O)C1=CC2(CC[C@H]1S[C@H]1CCc3cccc(Cl)c31)O[C@H](COC)[C@@H](COC)O2. The Morgan fingerprint density at radius 1 is 1.16 bits per heavy atom. The van der Waals surface area contributed by atoms with Crippen molar-refractivity contribution in [2.24, 2.45) is 0 Å². The first-order chi connectivity index (χ1) is 15.5. The van der Waals surface area contributed by atoms with Gasteiger partial charge in [0.05, 0.1) is 25.4 Å². The van der Waals surface area contributed by atoms with Gasteiger partial charge in [0.15, 0.2) is 5.79 Å². The van der Waals surface area contributed by atoms with Crippen LogP contribution in [0.25, 0.3) is 0 Å². The van der Waals surface area contributed by atoms with Gasteiger partial charge in [0, 0.05) is 36.2 Å². The number of carbonyl (C=O) groups is 1. The second-order valence-electron chi connectivity index (χ2n) is 8.36. The number of aryl methyl sites for hydroxylation is 1. The lowest BCUT2D eigenvalue weighted by molar-refractivity contribution is -0.155. The molecule has 6 nitrogen and oxygen atoms in total. The number of thioether (sulfide) groups is 1. The van der Waals surface area contributed by atoms with Gasteiger partial charge in [0.25, 0.3) is 0 Å². The lowest BCUT2D eigenvalue weighted by atomic mass is 9.94. The van der Waals surface area contributed by atoms with E-state index in [1.807, 2.05) is 25.1 Å². The predicted octanol–water partition coefficient (Wildman–Crippen LogP) is 4.49. The molecule has 2 aliphatic carbocycles. The van der Waals surface area contributed by atoms with Crippen LogP contribution in [0.5, 0.6) is 0 Å². The molecule has 0 aromatic heterocycles. The van der Waals surface area contributed by atoms with Gasteiger partial charge >= 0.3 is 5.97 Å². The molecule has 0 unspecified atom stereocenters. The highest BCUT2D eigenvalue weighted by molar-refractivity contribution is 8.00. The summed E-state index contributed by atoms with van der Waals surface area (Å²) in [5, 5.41) is 1.05. The largest absolute Gasteiger partial charge is 0.463 e. The summed E-state index contributed by atoms with van der Waals surface area (Å²) in [4.78, 5) is 13.0. The van der Waals surface area contributed by atoms with Crippen LogP contribution < -0.4 is 0 Å². The number of methoxy groups -OCH3 is 2. The summed E-state index contributed by atoms with van der Waals surface area (Å²) in [7, 11) is 3.27. The van der Waals surface area contributed by atoms with Gasteiger partial charge in [-0.15, -0.1) is 11.8 Å². The summed E-state index contributed by atoms with van der Waals surface area (Å²) in [6, 6.07) is 6.10. The van der Waals surface area contributed by atoms with E-state index in [1.165, 1.54) is 11.1 Å². The number of hydrogen-bond donors (Lipinski definition) is 0. The molecule has 0 bridgehead atoms. The quantitative estimate of drug-likeness (QED) is 0.506. The Morgan fingerprint density at radius 2 is 1.88 bits per heavy atom. The second kappa shape index (κ2) is 10.5. The molecule has 1 heterocycles. The second-order valence-corrected chi connectivity index (χ2v) is 10.2. The fourth-order valence-corrected chi connectivity index (χ4v) is 6.87. The maximum Gasteiger partial charge on any atom is 0.335 e. The van der Waals surface area contributed by atoms with Crippen molar-refractivity contribution in [3.8, 4) is 0 Å². The fraction of sp³-hybridized carbons (Fsp3) is 0.625. The molecule has 1 aliphatic heterocycles. The number of benzene rings is 1. The van der Waals surface area contributed by atoms with E-state index in [0.717, 1.165) is 24.3 Å². The van der Waals surface area contributed by atoms with Gasteiger partial charge in [-0.2, -0.15) is 0 Å². The van der Waals surface area contributed by atoms with E-state index in [-0.39, 0.29) is 28.7 Å². The minimum Gasteiger partial charge on any atom is -0.463 e. The van der Waals surface area contributed by atoms with Gasteiger partial charge in [-0.1, -0.05) is 23.7 Å². The van der Waals surface area contributed by atoms with Crippen LogP contribution in [0.15, 0.2) is 29.8 Å². The van der Waals surface area contributed by atoms with Crippen molar-refractivity contribution < 1.29 is 28.5 Å². The molecule has 1 spiro atoms. The maximum absolute atomic E-state index is 13.0. The first kappa shape index (κ1) is 24.0. The summed E-state index contributed by atoms with van der Waals surface area (Å²) in [5.74, 6) is -1.27. The monoisotopic (exact) mass is 482 g/mol. The first-order valence-corrected chi connectivity index (χ1v) is 12.5. The minimum atomic E-state index is -0.962. The van der Waals surface area contributed by atoms with Crippen molar-refractivity contribution in [1.29, 1.82) is 0 Å². The van der Waals surface area contributed by atoms with E-state index in [1.54, 1.807) is 26.0 Å². The molecule has 3 aliphatic rings. The van der Waals surface area contributed by atoms with Gasteiger partial charge in [0.2, 0.25) is 0 Å². The first-order valence-electron chi connectivity index (χ1n) is 11.2. The topological polar surface area (TPSA) is 63.2 Å². The Kier molecular flexibility index (Phi) is 7.85. The number of hydrogen-bond acceptors (Lipinski definition) is 7. The van der Waals surface area contributed by atoms with E-state index in [9.17, 15) is 4.79 Å². The molecular formula is C24H31ClO6S. The molecule has 4 rings (SSSR count). The van der Waals surface area contributed by atoms with Gasteiger partial charge in [-0.25, -0.2) is 4.79 Å². The van der Waals surface area contributed by atoms with Crippen molar-refractivity contribution in [2.75, 3.05) is 34.0 Å². The standard InChI is InChI=1S/C24H31ClO6S/c1-4-29-23(26)16-12-24(30-18(13-27-2)19(31-24)14-28-3)11-10-20(16)32-21-9-8-15-6-5-7-17(25)22(15)21/h5-7,12,18-21H,4,8-11,13-14H2,1-3H3/t18-,19-,20-,21+/m1/s1. The molecule has 32 heavy (non-hydrogen) atoms. The zero-order valence-electron chi connectivity index (χ0n) is 18.8. The van der Waals surface area contributed by atoms with Crippen LogP contribution >= 0.6 is 23.4 Å². The van der Waals surface area contributed by atoms with Gasteiger partial charge in [-0.3, -0.25) is 0 Å². The van der Waals surface area contributed by atoms with Gasteiger partial charge < -0.3 is 23.7 Å². The Bertz CT molecular complexity index is 845. The van der Waals surface area contributed by atoms with E-state index in [0.29, 0.717) is 31.8 Å². The Labute approximate surface area is 198 Å². The van der Waals surface area contributed by atoms with Crippen LogP contribution in [0.4, 0.5) is 0 Å². The Balaban J connectivity index is 1.59. The highest BCUT2D eigenvalue weighted by Gasteiger charge is 2.50. The predicted molar refractivity (Wildman–Crippen MR) is 124 cm³/mol. The summed E-state index contributed by atoms with van der Waals surface area (Å²) < 4.78 is 28.7.